The molecule has 0 N–H and O–H groups in total. The molecule has 8 heteroatoms. The fraction of sp³-hybridized carbons (Fsp3) is 0.286. The summed E-state index contributed by atoms with van der Waals surface area (Å²) in [5.74, 6) is -0.204. The van der Waals surface area contributed by atoms with Gasteiger partial charge in [-0.05, 0) is 48.4 Å². The van der Waals surface area contributed by atoms with Crippen LogP contribution < -0.4 is 24.2 Å². The number of carbonyl (C=O) groups excluding carboxylic acids is 2. The Labute approximate surface area is 209 Å². The third-order valence-electron chi connectivity index (χ3n) is 6.78. The molecule has 36 heavy (non-hydrogen) atoms. The lowest BCUT2D eigenvalue weighted by Crippen LogP contribution is -2.37. The zero-order valence-corrected chi connectivity index (χ0v) is 20.6. The number of hydroxylamine groups is 1. The van der Waals surface area contributed by atoms with Crippen LogP contribution >= 0.6 is 0 Å². The molecule has 0 saturated carbocycles. The smallest absolute Gasteiger partial charge is 0.266 e. The number of anilines is 2. The number of ether oxygens (including phenoxy) is 3. The van der Waals surface area contributed by atoms with Crippen molar-refractivity contribution in [3.63, 3.8) is 0 Å². The van der Waals surface area contributed by atoms with Gasteiger partial charge < -0.3 is 14.2 Å². The molecule has 0 spiro atoms. The maximum atomic E-state index is 13.9. The van der Waals surface area contributed by atoms with E-state index in [1.54, 1.807) is 30.4 Å². The second kappa shape index (κ2) is 9.54. The van der Waals surface area contributed by atoms with Gasteiger partial charge in [0.15, 0.2) is 17.6 Å². The maximum absolute atomic E-state index is 13.9. The third kappa shape index (κ3) is 3.65. The van der Waals surface area contributed by atoms with Gasteiger partial charge in [-0.3, -0.25) is 14.4 Å². The topological polar surface area (TPSA) is 77.5 Å². The number of imide groups is 1. The molecule has 0 radical (unpaired) electrons. The van der Waals surface area contributed by atoms with Gasteiger partial charge in [-0.2, -0.15) is 0 Å². The average Bonchev–Trinajstić information content (AvgIpc) is 3.43. The van der Waals surface area contributed by atoms with Crippen LogP contribution in [-0.2, 0) is 20.8 Å². The molecule has 2 aliphatic rings. The molecule has 3 aromatic rings. The largest absolute Gasteiger partial charge is 0.493 e. The zero-order valence-electron chi connectivity index (χ0n) is 20.6. The van der Waals surface area contributed by atoms with Gasteiger partial charge in [0, 0.05) is 5.56 Å². The maximum Gasteiger partial charge on any atom is 0.266 e. The Morgan fingerprint density at radius 3 is 2.08 bits per heavy atom. The van der Waals surface area contributed by atoms with Crippen LogP contribution in [0.25, 0.3) is 0 Å². The Bertz CT molecular complexity index is 1280. The van der Waals surface area contributed by atoms with Gasteiger partial charge in [0.1, 0.15) is 12.0 Å². The van der Waals surface area contributed by atoms with Crippen LogP contribution in [0, 0.1) is 5.92 Å². The molecular weight excluding hydrogens is 460 g/mol. The van der Waals surface area contributed by atoms with Crippen LogP contribution in [-0.4, -0.2) is 39.2 Å². The molecule has 5 rings (SSSR count). The molecular formula is C28H28N2O6. The number of rotatable bonds is 7. The predicted octanol–water partition coefficient (Wildman–Crippen LogP) is 4.33. The van der Waals surface area contributed by atoms with Crippen LogP contribution in [0.3, 0.4) is 0 Å². The van der Waals surface area contributed by atoms with E-state index in [0.717, 1.165) is 12.0 Å². The van der Waals surface area contributed by atoms with Gasteiger partial charge in [0.25, 0.3) is 5.91 Å². The van der Waals surface area contributed by atoms with Gasteiger partial charge in [-0.25, -0.2) is 9.96 Å². The Morgan fingerprint density at radius 1 is 0.778 bits per heavy atom. The lowest BCUT2D eigenvalue weighted by atomic mass is 9.89. The Morgan fingerprint density at radius 2 is 1.47 bits per heavy atom. The minimum absolute atomic E-state index is 0.325. The summed E-state index contributed by atoms with van der Waals surface area (Å²) in [6.45, 7) is 2.05. The summed E-state index contributed by atoms with van der Waals surface area (Å²) >= 11 is 0. The number of nitrogens with zero attached hydrogens (tertiary/aromatic N) is 2. The van der Waals surface area contributed by atoms with Crippen molar-refractivity contribution >= 4 is 23.2 Å². The lowest BCUT2D eigenvalue weighted by molar-refractivity contribution is -0.126. The molecule has 0 bridgehead atoms. The molecule has 0 aliphatic carbocycles. The van der Waals surface area contributed by atoms with Gasteiger partial charge in [0.05, 0.1) is 32.7 Å². The van der Waals surface area contributed by atoms with E-state index >= 15 is 0 Å². The summed E-state index contributed by atoms with van der Waals surface area (Å²) in [6, 6.07) is 19.8. The standard InChI is InChI=1S/C28H28N2O6/c1-5-17-11-13-18(14-12-17)29-27(31)22-23(20-15-16-21(33-2)25(35-4)24(20)34-3)30(36-26(22)28(29)32)19-9-7-6-8-10-19/h6-16,22-23,26H,5H2,1-4H3. The molecule has 8 nitrogen and oxygen atoms in total. The van der Waals surface area contributed by atoms with Crippen molar-refractivity contribution in [2.45, 2.75) is 25.5 Å². The highest BCUT2D eigenvalue weighted by molar-refractivity contribution is 6.24. The number of amides is 2. The first-order valence-electron chi connectivity index (χ1n) is 11.8. The van der Waals surface area contributed by atoms with Crippen molar-refractivity contribution in [1.29, 1.82) is 0 Å². The van der Waals surface area contributed by atoms with Crippen molar-refractivity contribution < 1.29 is 28.6 Å². The number of fused-ring (bicyclic) bond motifs is 1. The van der Waals surface area contributed by atoms with E-state index in [1.165, 1.54) is 19.1 Å². The summed E-state index contributed by atoms with van der Waals surface area (Å²) in [7, 11) is 4.60. The highest BCUT2D eigenvalue weighted by atomic mass is 16.7. The second-order valence-corrected chi connectivity index (χ2v) is 8.61. The summed E-state index contributed by atoms with van der Waals surface area (Å²) in [5, 5.41) is 1.63. The van der Waals surface area contributed by atoms with Gasteiger partial charge in [-0.1, -0.05) is 37.3 Å². The highest BCUT2D eigenvalue weighted by Gasteiger charge is 2.61. The van der Waals surface area contributed by atoms with Gasteiger partial charge in [0.2, 0.25) is 11.7 Å². The molecule has 186 valence electrons. The highest BCUT2D eigenvalue weighted by Crippen LogP contribution is 2.52. The molecule has 3 atom stereocenters. The number of carbonyl (C=O) groups is 2. The quantitative estimate of drug-likeness (QED) is 0.458. The van der Waals surface area contributed by atoms with E-state index in [2.05, 4.69) is 6.92 Å². The molecule has 2 saturated heterocycles. The summed E-state index contributed by atoms with van der Waals surface area (Å²) < 4.78 is 16.8. The second-order valence-electron chi connectivity index (χ2n) is 8.61. The van der Waals surface area contributed by atoms with E-state index in [0.29, 0.717) is 34.2 Å². The SMILES string of the molecule is CCc1ccc(N2C(=O)C3ON(c4ccccc4)C(c4ccc(OC)c(OC)c4OC)C3C2=O)cc1. The van der Waals surface area contributed by atoms with Crippen molar-refractivity contribution in [2.75, 3.05) is 31.3 Å². The number of benzene rings is 3. The molecule has 2 amide bonds. The van der Waals surface area contributed by atoms with E-state index in [-0.39, 0.29) is 5.91 Å². The minimum Gasteiger partial charge on any atom is -0.493 e. The first-order valence-corrected chi connectivity index (χ1v) is 11.8. The number of para-hydroxylation sites is 1. The zero-order chi connectivity index (χ0) is 25.4. The lowest BCUT2D eigenvalue weighted by Gasteiger charge is -2.30. The van der Waals surface area contributed by atoms with Crippen LogP contribution in [0.5, 0.6) is 17.2 Å². The Kier molecular flexibility index (Phi) is 6.28. The Balaban J connectivity index is 1.63. The first kappa shape index (κ1) is 23.7. The van der Waals surface area contributed by atoms with Crippen molar-refractivity contribution in [3.8, 4) is 17.2 Å². The molecule has 2 aliphatic heterocycles. The summed E-state index contributed by atoms with van der Waals surface area (Å²) in [5.41, 5.74) is 3.02. The molecule has 2 fully saturated rings. The molecule has 3 aromatic carbocycles. The minimum atomic E-state index is -0.980. The predicted molar refractivity (Wildman–Crippen MR) is 134 cm³/mol. The number of hydrogen-bond donors (Lipinski definition) is 0. The Hall–Kier alpha value is -4.04. The third-order valence-corrected chi connectivity index (χ3v) is 6.78. The number of methoxy groups -OCH3 is 3. The van der Waals surface area contributed by atoms with Crippen molar-refractivity contribution in [2.24, 2.45) is 5.92 Å². The van der Waals surface area contributed by atoms with E-state index in [4.69, 9.17) is 19.0 Å². The van der Waals surface area contributed by atoms with Crippen molar-refractivity contribution in [1.82, 2.24) is 0 Å². The number of hydrogen-bond acceptors (Lipinski definition) is 7. The van der Waals surface area contributed by atoms with E-state index in [1.807, 2.05) is 48.5 Å². The fourth-order valence-electron chi connectivity index (χ4n) is 5.02. The van der Waals surface area contributed by atoms with E-state index < -0.39 is 24.0 Å². The molecule has 0 aromatic heterocycles. The molecule has 3 unspecified atom stereocenters. The fourth-order valence-corrected chi connectivity index (χ4v) is 5.02. The molecule has 2 heterocycles. The normalized spacial score (nSPS) is 21.1. The average molecular weight is 489 g/mol. The van der Waals surface area contributed by atoms with E-state index in [9.17, 15) is 9.59 Å². The van der Waals surface area contributed by atoms with Crippen LogP contribution in [0.1, 0.15) is 24.1 Å². The van der Waals surface area contributed by atoms with Crippen LogP contribution in [0.4, 0.5) is 11.4 Å². The first-order chi connectivity index (χ1) is 17.5. The van der Waals surface area contributed by atoms with Gasteiger partial charge >= 0.3 is 0 Å². The summed E-state index contributed by atoms with van der Waals surface area (Å²) in [6.07, 6.45) is -0.115. The summed E-state index contributed by atoms with van der Waals surface area (Å²) in [4.78, 5) is 34.9. The monoisotopic (exact) mass is 488 g/mol. The van der Waals surface area contributed by atoms with Crippen LogP contribution in [0.15, 0.2) is 66.7 Å². The van der Waals surface area contributed by atoms with Crippen LogP contribution in [0.2, 0.25) is 0 Å². The number of aryl methyl sites for hydroxylation is 1. The van der Waals surface area contributed by atoms with Crippen molar-refractivity contribution in [3.05, 3.63) is 77.9 Å². The van der Waals surface area contributed by atoms with Gasteiger partial charge in [-0.15, -0.1) is 0 Å².